The van der Waals surface area contributed by atoms with Crippen LogP contribution in [-0.2, 0) is 16.0 Å². The summed E-state index contributed by atoms with van der Waals surface area (Å²) in [5, 5.41) is 9.35. The highest BCUT2D eigenvalue weighted by Gasteiger charge is 2.33. The van der Waals surface area contributed by atoms with Crippen LogP contribution in [0.15, 0.2) is 69.2 Å². The van der Waals surface area contributed by atoms with E-state index in [1.54, 1.807) is 12.1 Å². The van der Waals surface area contributed by atoms with E-state index in [0.29, 0.717) is 12.1 Å². The SMILES string of the molecule is Cc1cc(-c2cc(C(F)(F)F)ccc2S(=O)(=O)c2ccccc2)c(C#N)c(=O)[nH]1. The van der Waals surface area contributed by atoms with Crippen molar-refractivity contribution in [2.24, 2.45) is 0 Å². The average Bonchev–Trinajstić information content (AvgIpc) is 2.67. The largest absolute Gasteiger partial charge is 0.416 e. The lowest BCUT2D eigenvalue weighted by molar-refractivity contribution is -0.137. The van der Waals surface area contributed by atoms with E-state index in [4.69, 9.17) is 0 Å². The summed E-state index contributed by atoms with van der Waals surface area (Å²) in [6.07, 6.45) is -4.74. The summed E-state index contributed by atoms with van der Waals surface area (Å²) in [6, 6.07) is 12.3. The molecule has 3 rings (SSSR count). The number of hydrogen-bond acceptors (Lipinski definition) is 4. The molecule has 0 saturated carbocycles. The van der Waals surface area contributed by atoms with E-state index in [9.17, 15) is 31.6 Å². The number of benzene rings is 2. The van der Waals surface area contributed by atoms with Crippen LogP contribution in [0.25, 0.3) is 11.1 Å². The Labute approximate surface area is 164 Å². The summed E-state index contributed by atoms with van der Waals surface area (Å²) in [4.78, 5) is 14.0. The van der Waals surface area contributed by atoms with Gasteiger partial charge in [-0.3, -0.25) is 4.79 Å². The van der Waals surface area contributed by atoms with Crippen molar-refractivity contribution in [1.82, 2.24) is 4.98 Å². The molecule has 0 atom stereocenters. The van der Waals surface area contributed by atoms with Crippen molar-refractivity contribution in [3.63, 3.8) is 0 Å². The normalized spacial score (nSPS) is 11.8. The zero-order valence-corrected chi connectivity index (χ0v) is 15.7. The van der Waals surface area contributed by atoms with Crippen molar-refractivity contribution < 1.29 is 21.6 Å². The van der Waals surface area contributed by atoms with Crippen LogP contribution in [0.4, 0.5) is 13.2 Å². The highest BCUT2D eigenvalue weighted by molar-refractivity contribution is 7.91. The molecule has 3 aromatic rings. The van der Waals surface area contributed by atoms with E-state index >= 15 is 0 Å². The van der Waals surface area contributed by atoms with E-state index in [0.717, 1.165) is 6.07 Å². The van der Waals surface area contributed by atoms with E-state index < -0.39 is 37.6 Å². The van der Waals surface area contributed by atoms with Gasteiger partial charge in [-0.05, 0) is 43.3 Å². The summed E-state index contributed by atoms with van der Waals surface area (Å²) in [5.74, 6) is 0. The monoisotopic (exact) mass is 418 g/mol. The molecule has 9 heteroatoms. The van der Waals surface area contributed by atoms with Gasteiger partial charge >= 0.3 is 6.18 Å². The standard InChI is InChI=1S/C20H13F3N2O3S/c1-12-9-15(17(11-24)19(26)25-12)16-10-13(20(21,22)23)7-8-18(16)29(27,28)14-5-3-2-4-6-14/h2-10H,1H3,(H,25,26). The van der Waals surface area contributed by atoms with E-state index in [1.165, 1.54) is 37.3 Å². The zero-order valence-electron chi connectivity index (χ0n) is 14.9. The second kappa shape index (κ2) is 7.22. The molecule has 0 radical (unpaired) electrons. The van der Waals surface area contributed by atoms with Crippen molar-refractivity contribution >= 4 is 9.84 Å². The van der Waals surface area contributed by atoms with Gasteiger partial charge in [0.1, 0.15) is 11.6 Å². The first-order valence-corrected chi connectivity index (χ1v) is 9.70. The molecular weight excluding hydrogens is 405 g/mol. The smallest absolute Gasteiger partial charge is 0.325 e. The molecule has 0 aliphatic rings. The molecule has 0 amide bonds. The highest BCUT2D eigenvalue weighted by Crippen LogP contribution is 2.38. The molecule has 1 N–H and O–H groups in total. The van der Waals surface area contributed by atoms with Gasteiger partial charge in [-0.2, -0.15) is 18.4 Å². The third kappa shape index (κ3) is 3.79. The van der Waals surface area contributed by atoms with Gasteiger partial charge in [-0.15, -0.1) is 0 Å². The number of rotatable bonds is 3. The predicted octanol–water partition coefficient (Wildman–Crippen LogP) is 4.07. The second-order valence-electron chi connectivity index (χ2n) is 6.21. The van der Waals surface area contributed by atoms with Crippen LogP contribution in [0.3, 0.4) is 0 Å². The summed E-state index contributed by atoms with van der Waals surface area (Å²) in [7, 11) is -4.22. The minimum absolute atomic E-state index is 0.124. The van der Waals surface area contributed by atoms with Crippen LogP contribution < -0.4 is 5.56 Å². The van der Waals surface area contributed by atoms with Crippen molar-refractivity contribution in [3.05, 3.63) is 81.8 Å². The van der Waals surface area contributed by atoms with Crippen LogP contribution in [0.2, 0.25) is 0 Å². The zero-order chi connectivity index (χ0) is 21.4. The van der Waals surface area contributed by atoms with Gasteiger partial charge in [0.25, 0.3) is 5.56 Å². The van der Waals surface area contributed by atoms with Crippen LogP contribution in [-0.4, -0.2) is 13.4 Å². The molecule has 0 fully saturated rings. The van der Waals surface area contributed by atoms with Crippen LogP contribution >= 0.6 is 0 Å². The Morgan fingerprint density at radius 3 is 2.24 bits per heavy atom. The topological polar surface area (TPSA) is 90.8 Å². The molecule has 0 spiro atoms. The number of nitrogens with zero attached hydrogens (tertiary/aromatic N) is 1. The predicted molar refractivity (Wildman–Crippen MR) is 98.8 cm³/mol. The minimum atomic E-state index is -4.74. The molecular formula is C20H13F3N2O3S. The average molecular weight is 418 g/mol. The maximum atomic E-state index is 13.3. The summed E-state index contributed by atoms with van der Waals surface area (Å²) in [5.41, 5.74) is -2.67. The molecule has 0 aliphatic heterocycles. The lowest BCUT2D eigenvalue weighted by atomic mass is 9.99. The Morgan fingerprint density at radius 1 is 1.00 bits per heavy atom. The molecule has 0 bridgehead atoms. The number of H-pyrrole nitrogens is 1. The highest BCUT2D eigenvalue weighted by atomic mass is 32.2. The maximum absolute atomic E-state index is 13.3. The number of pyridine rings is 1. The first-order valence-electron chi connectivity index (χ1n) is 8.21. The first-order chi connectivity index (χ1) is 13.6. The van der Waals surface area contributed by atoms with Crippen molar-refractivity contribution in [1.29, 1.82) is 5.26 Å². The lowest BCUT2D eigenvalue weighted by Crippen LogP contribution is -2.15. The van der Waals surface area contributed by atoms with Crippen molar-refractivity contribution in [2.75, 3.05) is 0 Å². The van der Waals surface area contributed by atoms with Crippen molar-refractivity contribution in [2.45, 2.75) is 22.9 Å². The Bertz CT molecular complexity index is 1290. The number of sulfone groups is 1. The molecule has 29 heavy (non-hydrogen) atoms. The number of nitriles is 1. The Hall–Kier alpha value is -3.38. The van der Waals surface area contributed by atoms with Gasteiger partial charge in [0, 0.05) is 16.8 Å². The van der Waals surface area contributed by atoms with Crippen LogP contribution in [0.1, 0.15) is 16.8 Å². The number of aromatic nitrogens is 1. The number of halogens is 3. The molecule has 2 aromatic carbocycles. The number of hydrogen-bond donors (Lipinski definition) is 1. The molecule has 0 saturated heterocycles. The molecule has 5 nitrogen and oxygen atoms in total. The number of alkyl halides is 3. The van der Waals surface area contributed by atoms with Gasteiger partial charge in [-0.25, -0.2) is 8.42 Å². The van der Waals surface area contributed by atoms with Gasteiger partial charge in [0.2, 0.25) is 9.84 Å². The molecule has 1 aromatic heterocycles. The second-order valence-corrected chi connectivity index (χ2v) is 8.13. The maximum Gasteiger partial charge on any atom is 0.416 e. The third-order valence-corrected chi connectivity index (χ3v) is 6.05. The summed E-state index contributed by atoms with van der Waals surface area (Å²) >= 11 is 0. The van der Waals surface area contributed by atoms with Gasteiger partial charge in [0.05, 0.1) is 15.4 Å². The third-order valence-electron chi connectivity index (χ3n) is 4.22. The molecule has 148 valence electrons. The summed E-state index contributed by atoms with van der Waals surface area (Å²) < 4.78 is 66.1. The van der Waals surface area contributed by atoms with Gasteiger partial charge in [0.15, 0.2) is 0 Å². The fourth-order valence-corrected chi connectivity index (χ4v) is 4.36. The minimum Gasteiger partial charge on any atom is -0.325 e. The van der Waals surface area contributed by atoms with Gasteiger partial charge < -0.3 is 4.98 Å². The quantitative estimate of drug-likeness (QED) is 0.694. The Morgan fingerprint density at radius 2 is 1.66 bits per heavy atom. The van der Waals surface area contributed by atoms with E-state index in [-0.39, 0.29) is 21.7 Å². The molecule has 0 aliphatic carbocycles. The fraction of sp³-hybridized carbons (Fsp3) is 0.100. The fourth-order valence-electron chi connectivity index (χ4n) is 2.89. The first kappa shape index (κ1) is 20.4. The van der Waals surface area contributed by atoms with Crippen LogP contribution in [0.5, 0.6) is 0 Å². The van der Waals surface area contributed by atoms with E-state index in [2.05, 4.69) is 4.98 Å². The number of aromatic amines is 1. The lowest BCUT2D eigenvalue weighted by Gasteiger charge is -2.15. The summed E-state index contributed by atoms with van der Waals surface area (Å²) in [6.45, 7) is 1.48. The molecule has 1 heterocycles. The number of nitrogens with one attached hydrogen (secondary N) is 1. The Kier molecular flexibility index (Phi) is 5.07. The molecule has 0 unspecified atom stereocenters. The van der Waals surface area contributed by atoms with Crippen LogP contribution in [0, 0.1) is 18.3 Å². The van der Waals surface area contributed by atoms with Gasteiger partial charge in [-0.1, -0.05) is 18.2 Å². The van der Waals surface area contributed by atoms with E-state index in [1.807, 2.05) is 0 Å². The van der Waals surface area contributed by atoms with Crippen molar-refractivity contribution in [3.8, 4) is 17.2 Å². The Balaban J connectivity index is 2.43. The number of aryl methyl sites for hydroxylation is 1.